The Kier molecular flexibility index (Phi) is 4.83. The molecule has 0 saturated carbocycles. The lowest BCUT2D eigenvalue weighted by molar-refractivity contribution is 0.0598. The monoisotopic (exact) mass is 369 g/mol. The molecule has 6 heteroatoms. The second-order valence-electron chi connectivity index (χ2n) is 6.80. The smallest absolute Gasteiger partial charge is 0.341 e. The average molecular weight is 369 g/mol. The van der Waals surface area contributed by atoms with Crippen molar-refractivity contribution in [2.24, 2.45) is 0 Å². The Morgan fingerprint density at radius 1 is 1.07 bits per heavy atom. The number of rotatable bonds is 4. The number of amides is 1. The Morgan fingerprint density at radius 3 is 2.37 bits per heavy atom. The fraction of sp³-hybridized carbons (Fsp3) is 0.333. The molecule has 0 atom stereocenters. The summed E-state index contributed by atoms with van der Waals surface area (Å²) in [5.41, 5.74) is 3.99. The Morgan fingerprint density at radius 2 is 1.74 bits per heavy atom. The van der Waals surface area contributed by atoms with Crippen molar-refractivity contribution < 1.29 is 23.2 Å². The minimum atomic E-state index is -0.462. The molecule has 0 unspecified atom stereocenters. The minimum absolute atomic E-state index is 0.213. The van der Waals surface area contributed by atoms with Gasteiger partial charge in [0.15, 0.2) is 5.76 Å². The molecule has 1 amide bonds. The van der Waals surface area contributed by atoms with Crippen LogP contribution in [0.25, 0.3) is 11.0 Å². The second kappa shape index (κ2) is 6.95. The van der Waals surface area contributed by atoms with Gasteiger partial charge in [0.25, 0.3) is 5.91 Å². The van der Waals surface area contributed by atoms with Crippen LogP contribution in [-0.4, -0.2) is 30.9 Å². The lowest BCUT2D eigenvalue weighted by atomic mass is 10.0. The second-order valence-corrected chi connectivity index (χ2v) is 6.80. The molecule has 0 bridgehead atoms. The van der Waals surface area contributed by atoms with Crippen molar-refractivity contribution in [2.75, 3.05) is 14.2 Å². The van der Waals surface area contributed by atoms with Crippen LogP contribution in [0.5, 0.6) is 0 Å². The molecule has 2 aromatic heterocycles. The average Bonchev–Trinajstić information content (AvgIpc) is 3.17. The lowest BCUT2D eigenvalue weighted by Crippen LogP contribution is -2.26. The molecule has 0 spiro atoms. The van der Waals surface area contributed by atoms with Gasteiger partial charge >= 0.3 is 5.97 Å². The number of hydrogen-bond acceptors (Lipinski definition) is 5. The van der Waals surface area contributed by atoms with Gasteiger partial charge < -0.3 is 18.5 Å². The summed E-state index contributed by atoms with van der Waals surface area (Å²) in [6.45, 7) is 7.76. The van der Waals surface area contributed by atoms with Gasteiger partial charge in [-0.25, -0.2) is 4.79 Å². The Bertz CT molecular complexity index is 1040. The summed E-state index contributed by atoms with van der Waals surface area (Å²) in [6.07, 6.45) is 0. The molecule has 0 aliphatic rings. The normalized spacial score (nSPS) is 11.0. The quantitative estimate of drug-likeness (QED) is 0.641. The van der Waals surface area contributed by atoms with Crippen LogP contribution in [0.2, 0.25) is 0 Å². The van der Waals surface area contributed by atoms with Crippen LogP contribution >= 0.6 is 0 Å². The molecule has 1 aromatic carbocycles. The summed E-state index contributed by atoms with van der Waals surface area (Å²) in [4.78, 5) is 26.2. The summed E-state index contributed by atoms with van der Waals surface area (Å²) in [6, 6.07) is 5.61. The van der Waals surface area contributed by atoms with Crippen molar-refractivity contribution in [1.82, 2.24) is 4.90 Å². The summed E-state index contributed by atoms with van der Waals surface area (Å²) in [5.74, 6) is 0.585. The van der Waals surface area contributed by atoms with Gasteiger partial charge in [0, 0.05) is 18.0 Å². The highest BCUT2D eigenvalue weighted by atomic mass is 16.5. The predicted molar refractivity (Wildman–Crippen MR) is 101 cm³/mol. The summed E-state index contributed by atoms with van der Waals surface area (Å²) in [7, 11) is 2.99. The molecular weight excluding hydrogens is 346 g/mol. The number of ether oxygens (including phenoxy) is 1. The van der Waals surface area contributed by atoms with Gasteiger partial charge in [-0.3, -0.25) is 4.79 Å². The van der Waals surface area contributed by atoms with Crippen LogP contribution in [0, 0.1) is 27.7 Å². The van der Waals surface area contributed by atoms with Crippen LogP contribution in [0.1, 0.15) is 49.1 Å². The SMILES string of the molecule is COC(=O)c1cc(CN(C)C(=O)c2oc3c(C)ccc(C)c3c2C)oc1C. The summed E-state index contributed by atoms with van der Waals surface area (Å²) in [5, 5.41) is 0.980. The maximum Gasteiger partial charge on any atom is 0.341 e. The van der Waals surface area contributed by atoms with Crippen LogP contribution in [0.15, 0.2) is 27.0 Å². The maximum absolute atomic E-state index is 12.9. The first kappa shape index (κ1) is 18.8. The highest BCUT2D eigenvalue weighted by Crippen LogP contribution is 2.31. The number of benzene rings is 1. The molecule has 0 saturated heterocycles. The van der Waals surface area contributed by atoms with E-state index in [9.17, 15) is 9.59 Å². The Labute approximate surface area is 157 Å². The van der Waals surface area contributed by atoms with E-state index in [1.807, 2.05) is 32.9 Å². The van der Waals surface area contributed by atoms with Crippen molar-refractivity contribution in [2.45, 2.75) is 34.2 Å². The van der Waals surface area contributed by atoms with E-state index in [1.165, 1.54) is 12.0 Å². The lowest BCUT2D eigenvalue weighted by Gasteiger charge is -2.14. The van der Waals surface area contributed by atoms with E-state index in [0.29, 0.717) is 22.8 Å². The van der Waals surface area contributed by atoms with E-state index in [2.05, 4.69) is 0 Å². The molecule has 3 rings (SSSR count). The zero-order chi connectivity index (χ0) is 19.9. The third-order valence-corrected chi connectivity index (χ3v) is 4.79. The fourth-order valence-corrected chi connectivity index (χ4v) is 3.29. The molecular formula is C21H23NO5. The molecule has 0 fully saturated rings. The largest absolute Gasteiger partial charge is 0.465 e. The number of carbonyl (C=O) groups excluding carboxylic acids is 2. The highest BCUT2D eigenvalue weighted by Gasteiger charge is 2.24. The van der Waals surface area contributed by atoms with E-state index in [-0.39, 0.29) is 12.5 Å². The highest BCUT2D eigenvalue weighted by molar-refractivity contribution is 6.00. The summed E-state index contributed by atoms with van der Waals surface area (Å²) < 4.78 is 16.2. The first-order chi connectivity index (χ1) is 12.7. The van der Waals surface area contributed by atoms with Crippen LogP contribution < -0.4 is 0 Å². The van der Waals surface area contributed by atoms with Gasteiger partial charge in [0.05, 0.1) is 13.7 Å². The number of nitrogens with zero attached hydrogens (tertiary/aromatic N) is 1. The van der Waals surface area contributed by atoms with E-state index in [0.717, 1.165) is 27.7 Å². The van der Waals surface area contributed by atoms with Crippen molar-refractivity contribution in [3.8, 4) is 0 Å². The van der Waals surface area contributed by atoms with E-state index in [1.54, 1.807) is 20.0 Å². The van der Waals surface area contributed by atoms with Crippen LogP contribution in [0.4, 0.5) is 0 Å². The number of furan rings is 2. The van der Waals surface area contributed by atoms with E-state index >= 15 is 0 Å². The third-order valence-electron chi connectivity index (χ3n) is 4.79. The molecule has 0 N–H and O–H groups in total. The molecule has 0 aliphatic heterocycles. The zero-order valence-corrected chi connectivity index (χ0v) is 16.4. The van der Waals surface area contributed by atoms with Gasteiger partial charge in [0.1, 0.15) is 22.7 Å². The topological polar surface area (TPSA) is 72.9 Å². The van der Waals surface area contributed by atoms with Crippen molar-refractivity contribution in [1.29, 1.82) is 0 Å². The third kappa shape index (κ3) is 3.23. The molecule has 3 aromatic rings. The number of esters is 1. The number of aryl methyl sites for hydroxylation is 4. The van der Waals surface area contributed by atoms with Gasteiger partial charge in [-0.05, 0) is 44.9 Å². The van der Waals surface area contributed by atoms with Crippen LogP contribution in [0.3, 0.4) is 0 Å². The predicted octanol–water partition coefficient (Wildman–Crippen LogP) is 4.32. The van der Waals surface area contributed by atoms with Gasteiger partial charge in [-0.2, -0.15) is 0 Å². The van der Waals surface area contributed by atoms with Gasteiger partial charge in [-0.1, -0.05) is 12.1 Å². The first-order valence-corrected chi connectivity index (χ1v) is 8.67. The Balaban J connectivity index is 1.89. The maximum atomic E-state index is 12.9. The molecule has 2 heterocycles. The van der Waals surface area contributed by atoms with Crippen molar-refractivity contribution in [3.63, 3.8) is 0 Å². The van der Waals surface area contributed by atoms with Gasteiger partial charge in [0.2, 0.25) is 0 Å². The molecule has 6 nitrogen and oxygen atoms in total. The van der Waals surface area contributed by atoms with Crippen LogP contribution in [-0.2, 0) is 11.3 Å². The van der Waals surface area contributed by atoms with Gasteiger partial charge in [-0.15, -0.1) is 0 Å². The van der Waals surface area contributed by atoms with Crippen molar-refractivity contribution >= 4 is 22.8 Å². The first-order valence-electron chi connectivity index (χ1n) is 8.67. The number of methoxy groups -OCH3 is 1. The molecule has 142 valence electrons. The minimum Gasteiger partial charge on any atom is -0.465 e. The molecule has 27 heavy (non-hydrogen) atoms. The standard InChI is InChI=1S/C21H23NO5/c1-11-7-8-12(2)18-17(11)13(3)19(27-18)20(23)22(5)10-15-9-16(14(4)26-15)21(24)25-6/h7-9H,10H2,1-6H3. The fourth-order valence-electron chi connectivity index (χ4n) is 3.29. The van der Waals surface area contributed by atoms with E-state index < -0.39 is 5.97 Å². The van der Waals surface area contributed by atoms with Crippen molar-refractivity contribution in [3.05, 3.63) is 57.7 Å². The Hall–Kier alpha value is -3.02. The molecule has 0 radical (unpaired) electrons. The van der Waals surface area contributed by atoms with E-state index in [4.69, 9.17) is 13.6 Å². The number of hydrogen-bond donors (Lipinski definition) is 0. The molecule has 0 aliphatic carbocycles. The zero-order valence-electron chi connectivity index (χ0n) is 16.4. The number of fused-ring (bicyclic) bond motifs is 1. The summed E-state index contributed by atoms with van der Waals surface area (Å²) >= 11 is 0. The number of carbonyl (C=O) groups is 2.